The zero-order valence-electron chi connectivity index (χ0n) is 18.3. The molecule has 2 aromatic rings. The van der Waals surface area contributed by atoms with Crippen LogP contribution >= 0.6 is 0 Å². The van der Waals surface area contributed by atoms with E-state index in [9.17, 15) is 0 Å². The molecule has 0 heteroatoms. The van der Waals surface area contributed by atoms with Gasteiger partial charge < -0.3 is 0 Å². The van der Waals surface area contributed by atoms with Gasteiger partial charge in [0.2, 0.25) is 0 Å². The Kier molecular flexibility index (Phi) is 4.24. The topological polar surface area (TPSA) is 0 Å². The number of hydrogen-bond donors (Lipinski definition) is 0. The van der Waals surface area contributed by atoms with Gasteiger partial charge in [0.25, 0.3) is 0 Å². The first-order chi connectivity index (χ1) is 13.9. The molecule has 3 aliphatic rings. The largest absolute Gasteiger partial charge is 0.0995 e. The lowest BCUT2D eigenvalue weighted by Crippen LogP contribution is -2.45. The fraction of sp³-hybridized carbons (Fsp3) is 0.379. The van der Waals surface area contributed by atoms with Crippen molar-refractivity contribution in [2.24, 2.45) is 17.8 Å². The van der Waals surface area contributed by atoms with Gasteiger partial charge in [-0.2, -0.15) is 0 Å². The molecule has 2 aromatic carbocycles. The van der Waals surface area contributed by atoms with Crippen molar-refractivity contribution in [2.75, 3.05) is 0 Å². The van der Waals surface area contributed by atoms with Gasteiger partial charge in [0, 0.05) is 11.3 Å². The summed E-state index contributed by atoms with van der Waals surface area (Å²) in [6.07, 6.45) is 6.30. The highest BCUT2D eigenvalue weighted by Gasteiger charge is 2.55. The van der Waals surface area contributed by atoms with Gasteiger partial charge in [0.1, 0.15) is 0 Å². The summed E-state index contributed by atoms with van der Waals surface area (Å²) in [6, 6.07) is 18.4. The van der Waals surface area contributed by atoms with Crippen molar-refractivity contribution in [2.45, 2.75) is 52.4 Å². The average molecular weight is 381 g/mol. The van der Waals surface area contributed by atoms with Crippen LogP contribution in [0.5, 0.6) is 0 Å². The SMILES string of the molecule is C=C(C)C1C2=CC(c3ccc(C)cc3)=C(C)C3Cc4ccccc4C23CC[C@H]1C. The first-order valence-electron chi connectivity index (χ1n) is 11.2. The lowest BCUT2D eigenvalue weighted by Gasteiger charge is -2.51. The van der Waals surface area contributed by atoms with Crippen LogP contribution in [0.4, 0.5) is 0 Å². The molecule has 1 fully saturated rings. The molecular weight excluding hydrogens is 348 g/mol. The molecule has 0 aromatic heterocycles. The Hall–Kier alpha value is -2.34. The lowest BCUT2D eigenvalue weighted by molar-refractivity contribution is 0.227. The van der Waals surface area contributed by atoms with Crippen molar-refractivity contribution in [1.29, 1.82) is 0 Å². The maximum Gasteiger partial charge on any atom is 0.0242 e. The zero-order valence-corrected chi connectivity index (χ0v) is 18.3. The quantitative estimate of drug-likeness (QED) is 0.475. The highest BCUT2D eigenvalue weighted by Crippen LogP contribution is 2.63. The molecule has 0 bridgehead atoms. The van der Waals surface area contributed by atoms with Gasteiger partial charge in [-0.25, -0.2) is 0 Å². The van der Waals surface area contributed by atoms with Gasteiger partial charge >= 0.3 is 0 Å². The van der Waals surface area contributed by atoms with Gasteiger partial charge in [-0.3, -0.25) is 0 Å². The zero-order chi connectivity index (χ0) is 20.3. The molecule has 0 heterocycles. The van der Waals surface area contributed by atoms with Gasteiger partial charge in [0.15, 0.2) is 0 Å². The van der Waals surface area contributed by atoms with Crippen molar-refractivity contribution in [3.63, 3.8) is 0 Å². The van der Waals surface area contributed by atoms with Gasteiger partial charge in [0.05, 0.1) is 0 Å². The summed E-state index contributed by atoms with van der Waals surface area (Å²) in [6.45, 7) is 13.7. The molecule has 0 aliphatic heterocycles. The molecule has 0 saturated heterocycles. The Morgan fingerprint density at radius 2 is 1.76 bits per heavy atom. The molecule has 1 spiro atoms. The Morgan fingerprint density at radius 3 is 2.48 bits per heavy atom. The third-order valence-corrected chi connectivity index (χ3v) is 8.07. The summed E-state index contributed by atoms with van der Waals surface area (Å²) in [5, 5.41) is 0. The number of rotatable bonds is 2. The van der Waals surface area contributed by atoms with E-state index < -0.39 is 0 Å². The standard InChI is InChI=1S/C29H32/c1-18(2)28-20(4)14-15-29-25-9-7-6-8-23(25)16-26(29)21(5)24(17-27(28)29)22-12-10-19(3)11-13-22/h6-13,17,20,26,28H,1,14-16H2,2-5H3/t20-,26?,28?,29?/m1/s1. The monoisotopic (exact) mass is 380 g/mol. The average Bonchev–Trinajstić information content (AvgIpc) is 3.04. The van der Waals surface area contributed by atoms with Crippen LogP contribution in [-0.4, -0.2) is 0 Å². The van der Waals surface area contributed by atoms with Crippen molar-refractivity contribution < 1.29 is 0 Å². The van der Waals surface area contributed by atoms with E-state index >= 15 is 0 Å². The Morgan fingerprint density at radius 1 is 1.03 bits per heavy atom. The minimum Gasteiger partial charge on any atom is -0.0995 e. The molecule has 0 radical (unpaired) electrons. The molecule has 5 rings (SSSR count). The van der Waals surface area contributed by atoms with Crippen molar-refractivity contribution in [3.8, 4) is 0 Å². The smallest absolute Gasteiger partial charge is 0.0242 e. The maximum atomic E-state index is 4.46. The van der Waals surface area contributed by atoms with E-state index in [0.29, 0.717) is 17.8 Å². The van der Waals surface area contributed by atoms with E-state index in [0.717, 1.165) is 0 Å². The maximum absolute atomic E-state index is 4.46. The molecule has 4 atom stereocenters. The van der Waals surface area contributed by atoms with Gasteiger partial charge in [-0.15, -0.1) is 0 Å². The van der Waals surface area contributed by atoms with E-state index in [-0.39, 0.29) is 5.41 Å². The predicted octanol–water partition coefficient (Wildman–Crippen LogP) is 7.44. The second-order valence-corrected chi connectivity index (χ2v) is 9.79. The summed E-state index contributed by atoms with van der Waals surface area (Å²) in [7, 11) is 0. The molecular formula is C29H32. The second kappa shape index (κ2) is 6.59. The van der Waals surface area contributed by atoms with E-state index in [1.807, 2.05) is 0 Å². The summed E-state index contributed by atoms with van der Waals surface area (Å²) in [4.78, 5) is 0. The highest BCUT2D eigenvalue weighted by molar-refractivity contribution is 5.82. The van der Waals surface area contributed by atoms with Crippen molar-refractivity contribution in [1.82, 2.24) is 0 Å². The van der Waals surface area contributed by atoms with Crippen LogP contribution in [0.25, 0.3) is 5.57 Å². The Bertz CT molecular complexity index is 1050. The highest BCUT2D eigenvalue weighted by atomic mass is 14.6. The van der Waals surface area contributed by atoms with E-state index in [1.54, 1.807) is 22.3 Å². The van der Waals surface area contributed by atoms with E-state index in [2.05, 4.69) is 88.9 Å². The number of benzene rings is 2. The van der Waals surface area contributed by atoms with Crippen LogP contribution in [0.1, 0.15) is 55.9 Å². The van der Waals surface area contributed by atoms with E-state index in [4.69, 9.17) is 0 Å². The summed E-state index contributed by atoms with van der Waals surface area (Å²) < 4.78 is 0. The number of aryl methyl sites for hydroxylation is 1. The minimum atomic E-state index is 0.172. The van der Waals surface area contributed by atoms with Crippen LogP contribution in [0.2, 0.25) is 0 Å². The first kappa shape index (κ1) is 18.7. The summed E-state index contributed by atoms with van der Waals surface area (Å²) >= 11 is 0. The lowest BCUT2D eigenvalue weighted by atomic mass is 9.52. The molecule has 3 unspecified atom stereocenters. The number of allylic oxidation sites excluding steroid dienone is 5. The van der Waals surface area contributed by atoms with Crippen LogP contribution in [0, 0.1) is 24.7 Å². The third kappa shape index (κ3) is 2.58. The number of fused-ring (bicyclic) bond motifs is 1. The van der Waals surface area contributed by atoms with Crippen LogP contribution in [-0.2, 0) is 11.8 Å². The molecule has 148 valence electrons. The van der Waals surface area contributed by atoms with Crippen LogP contribution in [0.3, 0.4) is 0 Å². The third-order valence-electron chi connectivity index (χ3n) is 8.07. The Labute approximate surface area is 176 Å². The second-order valence-electron chi connectivity index (χ2n) is 9.79. The fourth-order valence-electron chi connectivity index (χ4n) is 6.72. The fourth-order valence-corrected chi connectivity index (χ4v) is 6.72. The molecule has 0 amide bonds. The van der Waals surface area contributed by atoms with Crippen molar-refractivity contribution >= 4 is 5.57 Å². The molecule has 29 heavy (non-hydrogen) atoms. The first-order valence-corrected chi connectivity index (χ1v) is 11.2. The molecule has 0 nitrogen and oxygen atoms in total. The molecule has 1 saturated carbocycles. The van der Waals surface area contributed by atoms with Crippen LogP contribution < -0.4 is 0 Å². The minimum absolute atomic E-state index is 0.172. The predicted molar refractivity (Wildman–Crippen MR) is 124 cm³/mol. The molecule has 0 N–H and O–H groups in total. The van der Waals surface area contributed by atoms with Crippen molar-refractivity contribution in [3.05, 3.63) is 100 Å². The number of hydrogen-bond acceptors (Lipinski definition) is 0. The Balaban J connectivity index is 1.77. The van der Waals surface area contributed by atoms with Crippen LogP contribution in [0.15, 0.2) is 77.9 Å². The van der Waals surface area contributed by atoms with Gasteiger partial charge in [-0.1, -0.05) is 90.4 Å². The summed E-state index contributed by atoms with van der Waals surface area (Å²) in [5.74, 6) is 1.71. The molecule has 3 aliphatic carbocycles. The van der Waals surface area contributed by atoms with E-state index in [1.165, 1.54) is 41.5 Å². The summed E-state index contributed by atoms with van der Waals surface area (Å²) in [5.41, 5.74) is 12.0. The van der Waals surface area contributed by atoms with Gasteiger partial charge in [-0.05, 0) is 74.1 Å². The normalized spacial score (nSPS) is 30.3.